The molecule has 1 aliphatic rings. The van der Waals surface area contributed by atoms with Gasteiger partial charge in [-0.25, -0.2) is 4.79 Å². The maximum absolute atomic E-state index is 11.7. The van der Waals surface area contributed by atoms with E-state index in [2.05, 4.69) is 16.0 Å². The van der Waals surface area contributed by atoms with Crippen molar-refractivity contribution < 1.29 is 27.4 Å². The van der Waals surface area contributed by atoms with E-state index >= 15 is 0 Å². The SMILES string of the molecule is O=C(NCC(F)(F)F)OC#C[C@@H]1COCCN1. The Morgan fingerprint density at radius 2 is 2.35 bits per heavy atom. The number of halogens is 3. The molecule has 0 aromatic carbocycles. The lowest BCUT2D eigenvalue weighted by atomic mass is 10.3. The predicted molar refractivity (Wildman–Crippen MR) is 50.9 cm³/mol. The molecular weight excluding hydrogens is 241 g/mol. The van der Waals surface area contributed by atoms with Gasteiger partial charge < -0.3 is 14.8 Å². The smallest absolute Gasteiger partial charge is 0.377 e. The minimum absolute atomic E-state index is 0.279. The lowest BCUT2D eigenvalue weighted by Crippen LogP contribution is -2.40. The highest BCUT2D eigenvalue weighted by Crippen LogP contribution is 2.11. The molecule has 2 N–H and O–H groups in total. The molecule has 1 fully saturated rings. The van der Waals surface area contributed by atoms with Gasteiger partial charge >= 0.3 is 12.3 Å². The molecule has 0 aromatic heterocycles. The van der Waals surface area contributed by atoms with Crippen LogP contribution in [0.3, 0.4) is 0 Å². The highest BCUT2D eigenvalue weighted by Gasteiger charge is 2.27. The summed E-state index contributed by atoms with van der Waals surface area (Å²) in [6, 6.07) is -0.279. The second kappa shape index (κ2) is 6.32. The Hall–Kier alpha value is -1.46. The Balaban J connectivity index is 2.20. The summed E-state index contributed by atoms with van der Waals surface area (Å²) >= 11 is 0. The van der Waals surface area contributed by atoms with Crippen LogP contribution in [0.1, 0.15) is 0 Å². The summed E-state index contributed by atoms with van der Waals surface area (Å²) in [6.07, 6.45) is -3.68. The predicted octanol–water partition coefficient (Wildman–Crippen LogP) is 0.224. The van der Waals surface area contributed by atoms with E-state index in [1.54, 1.807) is 0 Å². The molecule has 5 nitrogen and oxygen atoms in total. The van der Waals surface area contributed by atoms with Gasteiger partial charge in [-0.2, -0.15) is 13.2 Å². The number of ether oxygens (including phenoxy) is 2. The summed E-state index contributed by atoms with van der Waals surface area (Å²) in [6.45, 7) is 0.101. The molecule has 1 saturated heterocycles. The molecule has 96 valence electrons. The first kappa shape index (κ1) is 13.6. The molecular formula is C9H11F3N2O3. The average molecular weight is 252 g/mol. The van der Waals surface area contributed by atoms with Crippen LogP contribution in [0.2, 0.25) is 0 Å². The van der Waals surface area contributed by atoms with Crippen LogP contribution in [-0.2, 0) is 9.47 Å². The van der Waals surface area contributed by atoms with E-state index in [1.807, 2.05) is 6.11 Å². The van der Waals surface area contributed by atoms with Gasteiger partial charge in [-0.3, -0.25) is 5.32 Å². The lowest BCUT2D eigenvalue weighted by Gasteiger charge is -2.18. The van der Waals surface area contributed by atoms with Gasteiger partial charge in [0.15, 0.2) is 0 Å². The first-order chi connectivity index (χ1) is 7.97. The molecule has 1 amide bonds. The average Bonchev–Trinajstić information content (AvgIpc) is 2.27. The molecule has 17 heavy (non-hydrogen) atoms. The molecule has 1 aliphatic heterocycles. The number of nitrogens with one attached hydrogen (secondary N) is 2. The van der Waals surface area contributed by atoms with Crippen molar-refractivity contribution in [1.82, 2.24) is 10.6 Å². The fourth-order valence-corrected chi connectivity index (χ4v) is 1.01. The molecule has 1 rings (SSSR count). The fraction of sp³-hybridized carbons (Fsp3) is 0.667. The van der Waals surface area contributed by atoms with Crippen LogP contribution in [0.25, 0.3) is 0 Å². The molecule has 0 radical (unpaired) electrons. The van der Waals surface area contributed by atoms with Gasteiger partial charge in [-0.05, 0) is 5.92 Å². The Morgan fingerprint density at radius 3 is 2.94 bits per heavy atom. The number of hydrogen-bond donors (Lipinski definition) is 2. The number of hydrogen-bond acceptors (Lipinski definition) is 4. The minimum Gasteiger partial charge on any atom is -0.377 e. The number of rotatable bonds is 1. The van der Waals surface area contributed by atoms with E-state index < -0.39 is 18.8 Å². The van der Waals surface area contributed by atoms with E-state index in [0.29, 0.717) is 19.8 Å². The Kier molecular flexibility index (Phi) is 5.06. The van der Waals surface area contributed by atoms with E-state index in [-0.39, 0.29) is 6.04 Å². The summed E-state index contributed by atoms with van der Waals surface area (Å²) in [7, 11) is 0. The first-order valence-electron chi connectivity index (χ1n) is 4.80. The zero-order valence-electron chi connectivity index (χ0n) is 8.76. The maximum atomic E-state index is 11.7. The molecule has 0 unspecified atom stereocenters. The van der Waals surface area contributed by atoms with Gasteiger partial charge in [-0.15, -0.1) is 0 Å². The van der Waals surface area contributed by atoms with Crippen molar-refractivity contribution in [3.8, 4) is 12.0 Å². The highest BCUT2D eigenvalue weighted by atomic mass is 19.4. The summed E-state index contributed by atoms with van der Waals surface area (Å²) in [5.41, 5.74) is 0. The normalized spacial score (nSPS) is 20.1. The van der Waals surface area contributed by atoms with E-state index in [1.165, 1.54) is 5.32 Å². The van der Waals surface area contributed by atoms with Crippen molar-refractivity contribution in [2.75, 3.05) is 26.3 Å². The Labute approximate surface area is 95.6 Å². The van der Waals surface area contributed by atoms with Crippen molar-refractivity contribution in [3.05, 3.63) is 0 Å². The Morgan fingerprint density at radius 1 is 1.59 bits per heavy atom. The molecule has 1 heterocycles. The van der Waals surface area contributed by atoms with Crippen molar-refractivity contribution in [3.63, 3.8) is 0 Å². The zero-order chi connectivity index (χ0) is 12.7. The Bertz CT molecular complexity index is 316. The molecule has 0 spiro atoms. The molecule has 0 bridgehead atoms. The quantitative estimate of drug-likeness (QED) is 0.656. The van der Waals surface area contributed by atoms with Crippen molar-refractivity contribution in [2.24, 2.45) is 0 Å². The van der Waals surface area contributed by atoms with Gasteiger partial charge in [0.1, 0.15) is 12.7 Å². The fourth-order valence-electron chi connectivity index (χ4n) is 1.01. The number of morpholine rings is 1. The lowest BCUT2D eigenvalue weighted by molar-refractivity contribution is -0.123. The molecule has 0 aromatic rings. The molecule has 0 aliphatic carbocycles. The third-order valence-corrected chi connectivity index (χ3v) is 1.73. The van der Waals surface area contributed by atoms with E-state index in [0.717, 1.165) is 0 Å². The van der Waals surface area contributed by atoms with E-state index in [9.17, 15) is 18.0 Å². The topological polar surface area (TPSA) is 59.6 Å². The van der Waals surface area contributed by atoms with Crippen LogP contribution in [0, 0.1) is 12.0 Å². The summed E-state index contributed by atoms with van der Waals surface area (Å²) < 4.78 is 44.4. The first-order valence-corrected chi connectivity index (χ1v) is 4.80. The van der Waals surface area contributed by atoms with Crippen LogP contribution in [0.15, 0.2) is 0 Å². The van der Waals surface area contributed by atoms with Gasteiger partial charge in [0.05, 0.1) is 19.3 Å². The summed E-state index contributed by atoms with van der Waals surface area (Å²) in [5, 5.41) is 4.48. The van der Waals surface area contributed by atoms with Crippen LogP contribution < -0.4 is 10.6 Å². The van der Waals surface area contributed by atoms with Gasteiger partial charge in [0, 0.05) is 6.54 Å². The van der Waals surface area contributed by atoms with Gasteiger partial charge in [0.2, 0.25) is 0 Å². The third kappa shape index (κ3) is 6.65. The van der Waals surface area contributed by atoms with E-state index in [4.69, 9.17) is 4.74 Å². The highest BCUT2D eigenvalue weighted by molar-refractivity contribution is 5.68. The number of amides is 1. The largest absolute Gasteiger partial charge is 0.421 e. The number of carbonyl (C=O) groups is 1. The standard InChI is InChI=1S/C9H11F3N2O3/c10-9(11,12)6-14-8(15)17-3-1-7-5-16-4-2-13-7/h7,13H,2,4-6H2,(H,14,15)/t7-/m1/s1. The van der Waals surface area contributed by atoms with Crippen molar-refractivity contribution >= 4 is 6.09 Å². The molecule has 1 atom stereocenters. The van der Waals surface area contributed by atoms with Crippen LogP contribution in [0.5, 0.6) is 0 Å². The van der Waals surface area contributed by atoms with Gasteiger partial charge in [-0.1, -0.05) is 0 Å². The maximum Gasteiger partial charge on any atom is 0.421 e. The summed E-state index contributed by atoms with van der Waals surface area (Å²) in [4.78, 5) is 10.7. The zero-order valence-corrected chi connectivity index (χ0v) is 8.76. The second-order valence-electron chi connectivity index (χ2n) is 3.19. The number of carbonyl (C=O) groups excluding carboxylic acids is 1. The second-order valence-corrected chi connectivity index (χ2v) is 3.19. The number of alkyl halides is 3. The monoisotopic (exact) mass is 252 g/mol. The van der Waals surface area contributed by atoms with Crippen molar-refractivity contribution in [1.29, 1.82) is 0 Å². The summed E-state index contributed by atoms with van der Waals surface area (Å²) in [5.74, 6) is 2.50. The minimum atomic E-state index is -4.47. The van der Waals surface area contributed by atoms with Crippen LogP contribution in [0.4, 0.5) is 18.0 Å². The molecule has 8 heteroatoms. The number of alkyl carbamates (subject to hydrolysis) is 1. The van der Waals surface area contributed by atoms with Gasteiger partial charge in [0.25, 0.3) is 0 Å². The molecule has 0 saturated carbocycles. The van der Waals surface area contributed by atoms with Crippen LogP contribution in [-0.4, -0.2) is 44.6 Å². The van der Waals surface area contributed by atoms with Crippen LogP contribution >= 0.6 is 0 Å². The van der Waals surface area contributed by atoms with Crippen molar-refractivity contribution in [2.45, 2.75) is 12.2 Å². The third-order valence-electron chi connectivity index (χ3n) is 1.73.